The summed E-state index contributed by atoms with van der Waals surface area (Å²) in [6.45, 7) is 16.8. The van der Waals surface area contributed by atoms with Gasteiger partial charge in [-0.1, -0.05) is 19.2 Å². The third-order valence-electron chi connectivity index (χ3n) is 1.30. The van der Waals surface area contributed by atoms with Crippen molar-refractivity contribution in [1.29, 1.82) is 0 Å². The Morgan fingerprint density at radius 3 is 2.07 bits per heavy atom. The van der Waals surface area contributed by atoms with E-state index in [2.05, 4.69) is 31.3 Å². The summed E-state index contributed by atoms with van der Waals surface area (Å²) < 4.78 is 0. The maximum Gasteiger partial charge on any atom is 0.168 e. The van der Waals surface area contributed by atoms with E-state index in [0.717, 1.165) is 5.57 Å². The Morgan fingerprint density at radius 1 is 1.36 bits per heavy atom. The van der Waals surface area contributed by atoms with E-state index < -0.39 is 0 Å². The van der Waals surface area contributed by atoms with Gasteiger partial charge in [0.1, 0.15) is 0 Å². The first-order valence-electron chi connectivity index (χ1n) is 4.14. The molecule has 0 aromatic heterocycles. The summed E-state index contributed by atoms with van der Waals surface area (Å²) >= 11 is 0. The van der Waals surface area contributed by atoms with Crippen molar-refractivity contribution in [1.82, 2.24) is 0 Å². The first-order valence-corrected chi connectivity index (χ1v) is 4.14. The van der Waals surface area contributed by atoms with Crippen molar-refractivity contribution in [2.45, 2.75) is 13.8 Å². The molecule has 76 valence electrons. The number of carbonyl (C=O) groups is 1. The van der Waals surface area contributed by atoms with E-state index in [1.165, 1.54) is 0 Å². The predicted molar refractivity (Wildman–Crippen MR) is 63.5 cm³/mol. The van der Waals surface area contributed by atoms with Gasteiger partial charge in [0, 0.05) is 0 Å². The average molecular weight is 191 g/mol. The molecular formula is C12H17NO. The fraction of sp³-hybridized carbons (Fsp3) is 0.167. The summed E-state index contributed by atoms with van der Waals surface area (Å²) in [7, 11) is 0. The fourth-order valence-electron chi connectivity index (χ4n) is 0.613. The minimum Gasteiger partial charge on any atom is -0.296 e. The zero-order chi connectivity index (χ0) is 11.6. The summed E-state index contributed by atoms with van der Waals surface area (Å²) in [5, 5.41) is 0. The fourth-order valence-corrected chi connectivity index (χ4v) is 0.613. The minimum atomic E-state index is 0.396. The lowest BCUT2D eigenvalue weighted by Gasteiger charge is -1.97. The summed E-state index contributed by atoms with van der Waals surface area (Å²) in [5.41, 5.74) is 1.84. The highest BCUT2D eigenvalue weighted by Crippen LogP contribution is 2.00. The molecule has 2 nitrogen and oxygen atoms in total. The van der Waals surface area contributed by atoms with Crippen LogP contribution in [0.15, 0.2) is 54.7 Å². The number of nitrogens with zero attached hydrogens (tertiary/aromatic N) is 1. The molecule has 0 radical (unpaired) electrons. The zero-order valence-electron chi connectivity index (χ0n) is 8.92. The predicted octanol–water partition coefficient (Wildman–Crippen LogP) is 3.09. The molecule has 0 aromatic rings. The summed E-state index contributed by atoms with van der Waals surface area (Å²) in [6, 6.07) is 0. The lowest BCUT2D eigenvalue weighted by molar-refractivity contribution is -0.104. The summed E-state index contributed by atoms with van der Waals surface area (Å²) in [6.07, 6.45) is 3.92. The minimum absolute atomic E-state index is 0.396. The third-order valence-corrected chi connectivity index (χ3v) is 1.30. The van der Waals surface area contributed by atoms with Crippen LogP contribution in [0.25, 0.3) is 0 Å². The van der Waals surface area contributed by atoms with Crippen LogP contribution in [-0.2, 0) is 4.79 Å². The quantitative estimate of drug-likeness (QED) is 0.290. The van der Waals surface area contributed by atoms with Crippen LogP contribution in [0.4, 0.5) is 0 Å². The first kappa shape index (κ1) is 14.8. The summed E-state index contributed by atoms with van der Waals surface area (Å²) in [4.78, 5) is 14.4. The van der Waals surface area contributed by atoms with Crippen molar-refractivity contribution in [3.63, 3.8) is 0 Å². The van der Waals surface area contributed by atoms with Crippen LogP contribution in [-0.4, -0.2) is 12.0 Å². The standard InChI is InChI=1S/C10H13NO.C2H4/c1-5-9(7-12)11-10(6-2)8(3)4;1-2/h5-7H,2-3H2,1,4H3;1-2H2/b9-5-,11-10?;. The van der Waals surface area contributed by atoms with E-state index in [-0.39, 0.29) is 0 Å². The molecule has 0 heterocycles. The van der Waals surface area contributed by atoms with Crippen molar-refractivity contribution in [3.8, 4) is 0 Å². The maximum absolute atomic E-state index is 10.4. The molecule has 0 atom stereocenters. The van der Waals surface area contributed by atoms with Gasteiger partial charge in [0.25, 0.3) is 0 Å². The van der Waals surface area contributed by atoms with Crippen molar-refractivity contribution in [3.05, 3.63) is 49.7 Å². The Balaban J connectivity index is 0. The van der Waals surface area contributed by atoms with Crippen LogP contribution in [0, 0.1) is 0 Å². The molecule has 0 aliphatic heterocycles. The Bertz CT molecular complexity index is 272. The molecule has 0 aromatic carbocycles. The smallest absolute Gasteiger partial charge is 0.168 e. The van der Waals surface area contributed by atoms with Crippen molar-refractivity contribution in [2.24, 2.45) is 4.99 Å². The van der Waals surface area contributed by atoms with E-state index in [1.54, 1.807) is 19.1 Å². The number of aliphatic imine (C=N–C) groups is 1. The highest BCUT2D eigenvalue weighted by atomic mass is 16.1. The average Bonchev–Trinajstić information content (AvgIpc) is 2.22. The highest BCUT2D eigenvalue weighted by Gasteiger charge is 1.95. The molecule has 0 rings (SSSR count). The molecule has 0 fully saturated rings. The molecule has 0 saturated carbocycles. The summed E-state index contributed by atoms with van der Waals surface area (Å²) in [5.74, 6) is 0. The normalized spacial score (nSPS) is 11.0. The van der Waals surface area contributed by atoms with Gasteiger partial charge in [-0.15, -0.1) is 13.2 Å². The second-order valence-electron chi connectivity index (χ2n) is 2.31. The van der Waals surface area contributed by atoms with Gasteiger partial charge >= 0.3 is 0 Å². The van der Waals surface area contributed by atoms with Gasteiger partial charge in [0.05, 0.1) is 11.4 Å². The monoisotopic (exact) mass is 191 g/mol. The van der Waals surface area contributed by atoms with Crippen LogP contribution in [0.2, 0.25) is 0 Å². The number of hydrogen-bond acceptors (Lipinski definition) is 2. The van der Waals surface area contributed by atoms with Crippen molar-refractivity contribution >= 4 is 12.0 Å². The van der Waals surface area contributed by atoms with Crippen LogP contribution in [0.5, 0.6) is 0 Å². The Morgan fingerprint density at radius 2 is 1.86 bits per heavy atom. The molecule has 14 heavy (non-hydrogen) atoms. The van der Waals surface area contributed by atoms with Gasteiger partial charge in [0.15, 0.2) is 6.29 Å². The highest BCUT2D eigenvalue weighted by molar-refractivity contribution is 6.08. The van der Waals surface area contributed by atoms with E-state index in [4.69, 9.17) is 0 Å². The topological polar surface area (TPSA) is 29.4 Å². The Hall–Kier alpha value is -1.70. The van der Waals surface area contributed by atoms with Crippen LogP contribution < -0.4 is 0 Å². The molecule has 0 bridgehead atoms. The number of rotatable bonds is 4. The van der Waals surface area contributed by atoms with Crippen LogP contribution in [0.3, 0.4) is 0 Å². The second-order valence-corrected chi connectivity index (χ2v) is 2.31. The maximum atomic E-state index is 10.4. The molecule has 0 aliphatic carbocycles. The lowest BCUT2D eigenvalue weighted by atomic mass is 10.2. The molecule has 0 saturated heterocycles. The van der Waals surface area contributed by atoms with Gasteiger partial charge in [0.2, 0.25) is 0 Å². The molecule has 0 N–H and O–H groups in total. The van der Waals surface area contributed by atoms with Gasteiger partial charge in [-0.25, -0.2) is 4.99 Å². The van der Waals surface area contributed by atoms with Crippen LogP contribution >= 0.6 is 0 Å². The molecular weight excluding hydrogens is 174 g/mol. The number of carbonyl (C=O) groups excluding carboxylic acids is 1. The second kappa shape index (κ2) is 9.39. The first-order chi connectivity index (χ1) is 6.65. The number of aldehydes is 1. The van der Waals surface area contributed by atoms with Gasteiger partial charge < -0.3 is 0 Å². The zero-order valence-corrected chi connectivity index (χ0v) is 8.92. The molecule has 0 spiro atoms. The van der Waals surface area contributed by atoms with Crippen molar-refractivity contribution in [2.75, 3.05) is 0 Å². The van der Waals surface area contributed by atoms with Crippen LogP contribution in [0.1, 0.15) is 13.8 Å². The van der Waals surface area contributed by atoms with E-state index in [0.29, 0.717) is 17.7 Å². The van der Waals surface area contributed by atoms with Gasteiger partial charge in [-0.3, -0.25) is 4.79 Å². The molecule has 2 heteroatoms. The Labute approximate surface area is 86.1 Å². The molecule has 0 unspecified atom stereocenters. The lowest BCUT2D eigenvalue weighted by Crippen LogP contribution is -1.95. The van der Waals surface area contributed by atoms with E-state index >= 15 is 0 Å². The van der Waals surface area contributed by atoms with E-state index in [1.807, 2.05) is 6.92 Å². The Kier molecular flexibility index (Phi) is 9.93. The molecule has 0 aliphatic rings. The largest absolute Gasteiger partial charge is 0.296 e. The SMILES string of the molecule is C=C.C=CC(=N/C(C=O)=C\C)C(=C)C. The third kappa shape index (κ3) is 5.89. The number of allylic oxidation sites excluding steroid dienone is 4. The van der Waals surface area contributed by atoms with Crippen molar-refractivity contribution < 1.29 is 4.79 Å². The molecule has 0 amide bonds. The van der Waals surface area contributed by atoms with Gasteiger partial charge in [-0.05, 0) is 25.5 Å². The van der Waals surface area contributed by atoms with E-state index in [9.17, 15) is 4.79 Å². The van der Waals surface area contributed by atoms with Gasteiger partial charge in [-0.2, -0.15) is 0 Å². The number of hydrogen-bond donors (Lipinski definition) is 0.